The van der Waals surface area contributed by atoms with E-state index >= 15 is 0 Å². The van der Waals surface area contributed by atoms with Crippen LogP contribution in [0.15, 0.2) is 52.4 Å². The number of aromatic nitrogens is 3. The summed E-state index contributed by atoms with van der Waals surface area (Å²) in [5.74, 6) is -3.80. The van der Waals surface area contributed by atoms with Gasteiger partial charge in [-0.2, -0.15) is 8.78 Å². The highest BCUT2D eigenvalue weighted by Crippen LogP contribution is 2.27. The summed E-state index contributed by atoms with van der Waals surface area (Å²) in [7, 11) is 0. The molecule has 8 nitrogen and oxygen atoms in total. The van der Waals surface area contributed by atoms with E-state index in [1.54, 1.807) is 19.9 Å². The first-order chi connectivity index (χ1) is 15.1. The van der Waals surface area contributed by atoms with Crippen LogP contribution in [-0.4, -0.2) is 33.7 Å². The Kier molecular flexibility index (Phi) is 6.42. The maximum Gasteiger partial charge on any atom is 0.299 e. The predicted octanol–water partition coefficient (Wildman–Crippen LogP) is 2.80. The van der Waals surface area contributed by atoms with Gasteiger partial charge in [0.15, 0.2) is 11.6 Å². The number of aryl methyl sites for hydroxylation is 2. The number of nitrogens with zero attached hydrogens (tertiary/aromatic N) is 4. The Bertz CT molecular complexity index is 1230. The molecule has 32 heavy (non-hydrogen) atoms. The summed E-state index contributed by atoms with van der Waals surface area (Å²) in [6, 6.07) is 8.82. The Morgan fingerprint density at radius 1 is 1.28 bits per heavy atom. The van der Waals surface area contributed by atoms with E-state index in [1.807, 2.05) is 0 Å². The Morgan fingerprint density at radius 2 is 1.97 bits per heavy atom. The quantitative estimate of drug-likeness (QED) is 0.546. The summed E-state index contributed by atoms with van der Waals surface area (Å²) >= 11 is 0. The zero-order valence-corrected chi connectivity index (χ0v) is 17.6. The van der Waals surface area contributed by atoms with Gasteiger partial charge < -0.3 is 11.1 Å². The number of nitrogens with one attached hydrogen (secondary N) is 1. The number of alkyl halides is 2. The molecule has 10 heteroatoms. The van der Waals surface area contributed by atoms with Crippen LogP contribution in [0.2, 0.25) is 0 Å². The van der Waals surface area contributed by atoms with Crippen molar-refractivity contribution >= 4 is 24.1 Å². The van der Waals surface area contributed by atoms with E-state index in [0.29, 0.717) is 17.0 Å². The number of nitrogens with two attached hydrogens (primary N) is 1. The minimum absolute atomic E-state index is 0.0294. The van der Waals surface area contributed by atoms with Crippen LogP contribution in [0.4, 0.5) is 20.3 Å². The van der Waals surface area contributed by atoms with E-state index < -0.39 is 23.9 Å². The fourth-order valence-corrected chi connectivity index (χ4v) is 3.13. The minimum atomic E-state index is -3.22. The topological polar surface area (TPSA) is 115 Å². The molecule has 0 saturated carbocycles. The van der Waals surface area contributed by atoms with Gasteiger partial charge in [-0.05, 0) is 32.2 Å². The normalized spacial score (nSPS) is 11.2. The average Bonchev–Trinajstić information content (AvgIpc) is 2.77. The van der Waals surface area contributed by atoms with E-state index in [0.717, 1.165) is 0 Å². The lowest BCUT2D eigenvalue weighted by Gasteiger charge is -2.19. The Balaban J connectivity index is 1.95. The minimum Gasteiger partial charge on any atom is -0.396 e. The molecule has 0 spiro atoms. The second kappa shape index (κ2) is 9.04. The second-order valence-electron chi connectivity index (χ2n) is 7.19. The maximum atomic E-state index is 14.5. The number of nitrogen functional groups attached to an aromatic ring is 1. The molecule has 0 aliphatic rings. The van der Waals surface area contributed by atoms with Gasteiger partial charge >= 0.3 is 0 Å². The molecule has 1 amide bonds. The largest absolute Gasteiger partial charge is 0.396 e. The van der Waals surface area contributed by atoms with Gasteiger partial charge in [0, 0.05) is 23.1 Å². The Hall–Kier alpha value is -3.95. The summed E-state index contributed by atoms with van der Waals surface area (Å²) < 4.78 is 30.2. The van der Waals surface area contributed by atoms with Crippen LogP contribution < -0.4 is 16.6 Å². The van der Waals surface area contributed by atoms with Gasteiger partial charge in [0.05, 0.1) is 18.7 Å². The molecule has 0 fully saturated rings. The standard InChI is InChI=1S/C22H22F2N6O2/c1-13-11-27-19(28-12-22(23,24)16-7-5-4-6-8-16)21(32)30(13)20-17(25)9-15(14(2)29-20)10-18(31)26-3/h4-9,11H,3,10,12,25H2,1-2H3,(H,27,28). The van der Waals surface area contributed by atoms with Gasteiger partial charge in [-0.15, -0.1) is 0 Å². The number of hydrogen-bond donors (Lipinski definition) is 2. The number of hydrogen-bond acceptors (Lipinski definition) is 6. The fourth-order valence-electron chi connectivity index (χ4n) is 3.13. The monoisotopic (exact) mass is 440 g/mol. The van der Waals surface area contributed by atoms with E-state index in [1.165, 1.54) is 41.1 Å². The number of carbonyl (C=O) groups excluding carboxylic acids is 1. The lowest BCUT2D eigenvalue weighted by Crippen LogP contribution is -2.31. The molecule has 3 N–H and O–H groups in total. The third-order valence-electron chi connectivity index (χ3n) is 4.87. The number of carbonyl (C=O) groups is 1. The molecule has 2 aromatic heterocycles. The van der Waals surface area contributed by atoms with Crippen LogP contribution >= 0.6 is 0 Å². The van der Waals surface area contributed by atoms with Crippen LogP contribution in [0, 0.1) is 13.8 Å². The SMILES string of the molecule is C=NC(=O)Cc1cc(N)c(-n2c(C)cnc(NCC(F)(F)c3ccccc3)c2=O)nc1C. The number of benzene rings is 1. The number of pyridine rings is 1. The zero-order chi connectivity index (χ0) is 23.5. The van der Waals surface area contributed by atoms with Crippen LogP contribution in [0.25, 0.3) is 5.82 Å². The smallest absolute Gasteiger partial charge is 0.299 e. The van der Waals surface area contributed by atoms with Crippen molar-refractivity contribution in [2.75, 3.05) is 17.6 Å². The number of rotatable bonds is 7. The van der Waals surface area contributed by atoms with E-state index in [-0.39, 0.29) is 29.3 Å². The molecule has 0 atom stereocenters. The van der Waals surface area contributed by atoms with Crippen molar-refractivity contribution in [1.29, 1.82) is 0 Å². The molecule has 1 aromatic carbocycles. The summed E-state index contributed by atoms with van der Waals surface area (Å²) in [4.78, 5) is 36.3. The number of halogens is 2. The molecular weight excluding hydrogens is 418 g/mol. The second-order valence-corrected chi connectivity index (χ2v) is 7.19. The predicted molar refractivity (Wildman–Crippen MR) is 119 cm³/mol. The van der Waals surface area contributed by atoms with Gasteiger partial charge in [0.25, 0.3) is 11.5 Å². The number of amides is 1. The van der Waals surface area contributed by atoms with Gasteiger partial charge in [0.2, 0.25) is 5.91 Å². The van der Waals surface area contributed by atoms with Gasteiger partial charge in [-0.3, -0.25) is 14.2 Å². The maximum absolute atomic E-state index is 14.5. The van der Waals surface area contributed by atoms with Crippen molar-refractivity contribution < 1.29 is 13.6 Å². The molecule has 166 valence electrons. The van der Waals surface area contributed by atoms with Crippen molar-refractivity contribution in [3.05, 3.63) is 75.5 Å². The molecule has 0 radical (unpaired) electrons. The first-order valence-corrected chi connectivity index (χ1v) is 9.66. The zero-order valence-electron chi connectivity index (χ0n) is 17.6. The molecule has 0 aliphatic carbocycles. The number of anilines is 2. The van der Waals surface area contributed by atoms with Crippen molar-refractivity contribution in [2.24, 2.45) is 4.99 Å². The highest BCUT2D eigenvalue weighted by atomic mass is 19.3. The third-order valence-corrected chi connectivity index (χ3v) is 4.87. The molecular formula is C22H22F2N6O2. The molecule has 0 unspecified atom stereocenters. The summed E-state index contributed by atoms with van der Waals surface area (Å²) in [5.41, 5.74) is 6.81. The molecule has 3 rings (SSSR count). The molecule has 3 aromatic rings. The Morgan fingerprint density at radius 3 is 2.62 bits per heavy atom. The van der Waals surface area contributed by atoms with Crippen LogP contribution in [-0.2, 0) is 17.1 Å². The number of aliphatic imine (C=N–C) groups is 1. The fraction of sp³-hybridized carbons (Fsp3) is 0.227. The van der Waals surface area contributed by atoms with E-state index in [9.17, 15) is 18.4 Å². The lowest BCUT2D eigenvalue weighted by atomic mass is 10.1. The summed E-state index contributed by atoms with van der Waals surface area (Å²) in [6.07, 6.45) is 1.33. The van der Waals surface area contributed by atoms with Crippen molar-refractivity contribution in [2.45, 2.75) is 26.2 Å². The Labute approximate surface area is 182 Å². The molecule has 0 bridgehead atoms. The third kappa shape index (κ3) is 4.69. The van der Waals surface area contributed by atoms with Crippen LogP contribution in [0.3, 0.4) is 0 Å². The van der Waals surface area contributed by atoms with E-state index in [2.05, 4.69) is 27.0 Å². The molecule has 2 heterocycles. The average molecular weight is 440 g/mol. The summed E-state index contributed by atoms with van der Waals surface area (Å²) in [6.45, 7) is 5.66. The van der Waals surface area contributed by atoms with Gasteiger partial charge in [-0.1, -0.05) is 30.3 Å². The first-order valence-electron chi connectivity index (χ1n) is 9.66. The van der Waals surface area contributed by atoms with Crippen LogP contribution in [0.5, 0.6) is 0 Å². The highest BCUT2D eigenvalue weighted by molar-refractivity contribution is 5.83. The molecule has 0 aliphatic heterocycles. The van der Waals surface area contributed by atoms with Crippen molar-refractivity contribution in [1.82, 2.24) is 14.5 Å². The first kappa shape index (κ1) is 22.7. The van der Waals surface area contributed by atoms with Gasteiger partial charge in [0.1, 0.15) is 0 Å². The summed E-state index contributed by atoms with van der Waals surface area (Å²) in [5, 5.41) is 2.44. The van der Waals surface area contributed by atoms with Crippen LogP contribution in [0.1, 0.15) is 22.5 Å². The lowest BCUT2D eigenvalue weighted by molar-refractivity contribution is -0.117. The van der Waals surface area contributed by atoms with Gasteiger partial charge in [-0.25, -0.2) is 15.0 Å². The van der Waals surface area contributed by atoms with Crippen molar-refractivity contribution in [3.63, 3.8) is 0 Å². The molecule has 0 saturated heterocycles. The van der Waals surface area contributed by atoms with Crippen molar-refractivity contribution in [3.8, 4) is 5.82 Å². The van der Waals surface area contributed by atoms with E-state index in [4.69, 9.17) is 5.73 Å². The highest BCUT2D eigenvalue weighted by Gasteiger charge is 2.31.